The zero-order chi connectivity index (χ0) is 26.8. The molecule has 5 rings (SSSR count). The Hall–Kier alpha value is -3.17. The highest BCUT2D eigenvalue weighted by Gasteiger charge is 2.47. The van der Waals surface area contributed by atoms with Crippen LogP contribution in [-0.2, 0) is 22.5 Å². The van der Waals surface area contributed by atoms with E-state index < -0.39 is 54.5 Å². The maximum absolute atomic E-state index is 13.8. The van der Waals surface area contributed by atoms with E-state index in [1.807, 2.05) is 6.07 Å². The maximum Gasteiger partial charge on any atom is 0.194 e. The van der Waals surface area contributed by atoms with Crippen LogP contribution in [0, 0.1) is 17.5 Å². The predicted octanol–water partition coefficient (Wildman–Crippen LogP) is 3.00. The first kappa shape index (κ1) is 26.4. The fraction of sp³-hybridized carbons (Fsp3) is 0.333. The maximum atomic E-state index is 13.8. The molecule has 4 aromatic rings. The van der Waals surface area contributed by atoms with Gasteiger partial charge < -0.3 is 24.2 Å². The lowest BCUT2D eigenvalue weighted by atomic mass is 9.89. The van der Waals surface area contributed by atoms with Crippen LogP contribution in [0.4, 0.5) is 13.2 Å². The van der Waals surface area contributed by atoms with Crippen molar-refractivity contribution >= 4 is 15.9 Å². The summed E-state index contributed by atoms with van der Waals surface area (Å²) in [4.78, 5) is 4.17. The molecule has 0 bridgehead atoms. The second kappa shape index (κ2) is 11.3. The first-order valence-corrected chi connectivity index (χ1v) is 12.2. The first-order valence-electron chi connectivity index (χ1n) is 11.5. The highest BCUT2D eigenvalue weighted by Crippen LogP contribution is 2.35. The van der Waals surface area contributed by atoms with E-state index in [0.717, 1.165) is 22.2 Å². The van der Waals surface area contributed by atoms with Gasteiger partial charge in [0.25, 0.3) is 0 Å². The third-order valence-electron chi connectivity index (χ3n) is 6.17. The fourth-order valence-corrected chi connectivity index (χ4v) is 4.81. The number of benzene rings is 1. The number of hydrogen-bond donors (Lipinski definition) is 2. The molecule has 0 spiro atoms. The molecule has 1 aliphatic heterocycles. The molecule has 200 valence electrons. The van der Waals surface area contributed by atoms with Crippen molar-refractivity contribution in [1.29, 1.82) is 0 Å². The van der Waals surface area contributed by atoms with Crippen molar-refractivity contribution in [2.45, 2.75) is 43.5 Å². The molecule has 1 aliphatic rings. The number of halogens is 4. The van der Waals surface area contributed by atoms with Crippen LogP contribution in [0.1, 0.15) is 17.3 Å². The summed E-state index contributed by atoms with van der Waals surface area (Å²) >= 11 is 3.39. The van der Waals surface area contributed by atoms with Gasteiger partial charge in [0.05, 0.1) is 25.5 Å². The largest absolute Gasteiger partial charge is 0.394 e. The Bertz CT molecular complexity index is 1370. The third kappa shape index (κ3) is 5.49. The summed E-state index contributed by atoms with van der Waals surface area (Å²) in [6.45, 7) is -0.502. The summed E-state index contributed by atoms with van der Waals surface area (Å²) in [5.41, 5.74) is 1.26. The summed E-state index contributed by atoms with van der Waals surface area (Å²) in [6.07, 6.45) is 2.44. The van der Waals surface area contributed by atoms with Crippen molar-refractivity contribution in [3.63, 3.8) is 0 Å². The van der Waals surface area contributed by atoms with Crippen LogP contribution < -0.4 is 0 Å². The number of nitrogens with zero attached hydrogens (tertiary/aromatic N) is 5. The summed E-state index contributed by atoms with van der Waals surface area (Å²) in [7, 11) is 0. The molecule has 38 heavy (non-hydrogen) atoms. The monoisotopic (exact) mass is 595 g/mol. The molecule has 0 amide bonds. The fourth-order valence-electron chi connectivity index (χ4n) is 4.40. The average Bonchev–Trinajstić information content (AvgIpc) is 3.59. The minimum atomic E-state index is -1.60. The van der Waals surface area contributed by atoms with Crippen molar-refractivity contribution < 1.29 is 37.4 Å². The van der Waals surface area contributed by atoms with Crippen LogP contribution in [0.25, 0.3) is 11.3 Å². The molecule has 0 radical (unpaired) electrons. The zero-order valence-corrected chi connectivity index (χ0v) is 21.1. The minimum absolute atomic E-state index is 0.000706. The molecule has 0 aliphatic carbocycles. The predicted molar refractivity (Wildman–Crippen MR) is 127 cm³/mol. The Kier molecular flexibility index (Phi) is 7.85. The van der Waals surface area contributed by atoms with Gasteiger partial charge >= 0.3 is 0 Å². The van der Waals surface area contributed by atoms with E-state index in [9.17, 15) is 23.4 Å². The molecule has 1 saturated heterocycles. The van der Waals surface area contributed by atoms with E-state index >= 15 is 0 Å². The van der Waals surface area contributed by atoms with Gasteiger partial charge in [-0.05, 0) is 39.7 Å². The number of rotatable bonds is 8. The number of ether oxygens (including phenoxy) is 2. The molecular weight excluding hydrogens is 575 g/mol. The molecule has 1 aromatic carbocycles. The van der Waals surface area contributed by atoms with Gasteiger partial charge in [-0.15, -0.1) is 5.10 Å². The van der Waals surface area contributed by atoms with Gasteiger partial charge in [-0.1, -0.05) is 10.4 Å². The molecule has 0 saturated carbocycles. The molecule has 1 fully saturated rings. The molecule has 4 heterocycles. The van der Waals surface area contributed by atoms with Gasteiger partial charge in [0, 0.05) is 34.9 Å². The summed E-state index contributed by atoms with van der Waals surface area (Å²) in [5, 5.41) is 33.0. The van der Waals surface area contributed by atoms with Crippen molar-refractivity contribution in [3.8, 4) is 11.3 Å². The SMILES string of the molecule is OCC1O[C@H](Cc2cncc(Br)c2)C(OCc2ccon2)C(n2cc(-c3cc(F)c(F)c(F)c3)nn2)[C@H]1O. The Labute approximate surface area is 222 Å². The van der Waals surface area contributed by atoms with Gasteiger partial charge in [-0.2, -0.15) is 0 Å². The average molecular weight is 596 g/mol. The lowest BCUT2D eigenvalue weighted by Gasteiger charge is -2.44. The molecule has 14 heteroatoms. The van der Waals surface area contributed by atoms with E-state index in [0.29, 0.717) is 12.1 Å². The second-order valence-electron chi connectivity index (χ2n) is 8.70. The van der Waals surface area contributed by atoms with Crippen LogP contribution in [0.2, 0.25) is 0 Å². The van der Waals surface area contributed by atoms with Crippen LogP contribution in [-0.4, -0.2) is 66.4 Å². The van der Waals surface area contributed by atoms with E-state index in [1.165, 1.54) is 17.1 Å². The van der Waals surface area contributed by atoms with Crippen LogP contribution >= 0.6 is 15.9 Å². The van der Waals surface area contributed by atoms with E-state index in [-0.39, 0.29) is 17.9 Å². The molecule has 5 atom stereocenters. The summed E-state index contributed by atoms with van der Waals surface area (Å²) in [6, 6.07) is 4.11. The Morgan fingerprint density at radius 3 is 2.58 bits per heavy atom. The second-order valence-corrected chi connectivity index (χ2v) is 9.61. The normalized spacial score (nSPS) is 23.6. The lowest BCUT2D eigenvalue weighted by molar-refractivity contribution is -0.221. The van der Waals surface area contributed by atoms with Crippen LogP contribution in [0.5, 0.6) is 0 Å². The van der Waals surface area contributed by atoms with Crippen molar-refractivity contribution in [1.82, 2.24) is 25.1 Å². The van der Waals surface area contributed by atoms with Crippen molar-refractivity contribution in [2.24, 2.45) is 0 Å². The standard InChI is InChI=1S/C24H21BrF3N5O5/c25-14-3-12(7-29-8-14)4-19-24(36-11-15-1-2-37-31-15)22(23(35)20(10-34)38-19)33-9-18(30-32-33)13-5-16(26)21(28)17(27)6-13/h1-3,5-9,19-20,22-24,34-35H,4,10-11H2/t19-,20?,22?,23+,24?/m1/s1. The van der Waals surface area contributed by atoms with Crippen LogP contribution in [0.3, 0.4) is 0 Å². The van der Waals surface area contributed by atoms with Crippen molar-refractivity contribution in [2.75, 3.05) is 6.61 Å². The van der Waals surface area contributed by atoms with Gasteiger partial charge in [0.15, 0.2) is 17.5 Å². The number of hydrogen-bond acceptors (Lipinski definition) is 9. The Morgan fingerprint density at radius 2 is 1.89 bits per heavy atom. The number of aliphatic hydroxyl groups excluding tert-OH is 2. The van der Waals surface area contributed by atoms with Gasteiger partial charge in [0.1, 0.15) is 42.0 Å². The lowest BCUT2D eigenvalue weighted by Crippen LogP contribution is -2.57. The molecule has 3 unspecified atom stereocenters. The molecule has 2 N–H and O–H groups in total. The highest BCUT2D eigenvalue weighted by molar-refractivity contribution is 9.10. The molecule has 10 nitrogen and oxygen atoms in total. The zero-order valence-electron chi connectivity index (χ0n) is 19.5. The van der Waals surface area contributed by atoms with Crippen LogP contribution in [0.15, 0.2) is 58.1 Å². The molecular formula is C24H21BrF3N5O5. The van der Waals surface area contributed by atoms with E-state index in [1.54, 1.807) is 18.5 Å². The van der Waals surface area contributed by atoms with E-state index in [4.69, 9.17) is 14.0 Å². The number of aliphatic hydroxyl groups is 2. The van der Waals surface area contributed by atoms with Crippen molar-refractivity contribution in [3.05, 3.63) is 82.3 Å². The smallest absolute Gasteiger partial charge is 0.194 e. The summed E-state index contributed by atoms with van der Waals surface area (Å²) in [5.74, 6) is -4.35. The third-order valence-corrected chi connectivity index (χ3v) is 6.61. The van der Waals surface area contributed by atoms with Gasteiger partial charge in [-0.25, -0.2) is 17.9 Å². The number of pyridine rings is 1. The first-order chi connectivity index (χ1) is 18.3. The number of aromatic nitrogens is 5. The van der Waals surface area contributed by atoms with Gasteiger partial charge in [-0.3, -0.25) is 4.98 Å². The minimum Gasteiger partial charge on any atom is -0.394 e. The Morgan fingerprint density at radius 1 is 1.11 bits per heavy atom. The van der Waals surface area contributed by atoms with E-state index in [2.05, 4.69) is 36.4 Å². The molecule has 3 aromatic heterocycles. The van der Waals surface area contributed by atoms with Gasteiger partial charge in [0.2, 0.25) is 0 Å². The topological polar surface area (TPSA) is 129 Å². The highest BCUT2D eigenvalue weighted by atomic mass is 79.9. The Balaban J connectivity index is 1.51. The summed E-state index contributed by atoms with van der Waals surface area (Å²) < 4.78 is 60.2. The quantitative estimate of drug-likeness (QED) is 0.295.